The van der Waals surface area contributed by atoms with E-state index in [9.17, 15) is 13.5 Å². The lowest BCUT2D eigenvalue weighted by molar-refractivity contribution is 0.459. The number of anilines is 1. The first-order valence-corrected chi connectivity index (χ1v) is 8.71. The molecule has 0 aliphatic rings. The molecule has 0 saturated carbocycles. The average molecular weight is 381 g/mol. The summed E-state index contributed by atoms with van der Waals surface area (Å²) in [7, 11) is -4.10. The lowest BCUT2D eigenvalue weighted by Crippen LogP contribution is -2.14. The lowest BCUT2D eigenvalue weighted by atomic mass is 10.1. The molecule has 0 atom stereocenters. The van der Waals surface area contributed by atoms with E-state index in [0.717, 1.165) is 11.6 Å². The second-order valence-corrected chi connectivity index (χ2v) is 7.68. The summed E-state index contributed by atoms with van der Waals surface area (Å²) in [6.45, 7) is 3.57. The van der Waals surface area contributed by atoms with E-state index >= 15 is 0 Å². The van der Waals surface area contributed by atoms with Crippen LogP contribution >= 0.6 is 34.8 Å². The van der Waals surface area contributed by atoms with Gasteiger partial charge in [-0.1, -0.05) is 40.9 Å². The number of hydrogen-bond acceptors (Lipinski definition) is 3. The minimum atomic E-state index is -4.10. The maximum Gasteiger partial charge on any atom is 0.265 e. The fraction of sp³-hybridized carbons (Fsp3) is 0.143. The first-order chi connectivity index (χ1) is 10.1. The predicted octanol–water partition coefficient (Wildman–Crippen LogP) is 4.77. The maximum atomic E-state index is 12.5. The largest absolute Gasteiger partial charge is 0.505 e. The van der Waals surface area contributed by atoms with Gasteiger partial charge < -0.3 is 5.11 Å². The smallest absolute Gasteiger partial charge is 0.265 e. The van der Waals surface area contributed by atoms with Gasteiger partial charge in [0.15, 0.2) is 5.75 Å². The molecule has 8 heteroatoms. The van der Waals surface area contributed by atoms with Crippen molar-refractivity contribution in [2.24, 2.45) is 0 Å². The van der Waals surface area contributed by atoms with Crippen LogP contribution in [0.3, 0.4) is 0 Å². The Bertz CT molecular complexity index is 828. The zero-order valence-electron chi connectivity index (χ0n) is 11.6. The molecular weight excluding hydrogens is 369 g/mol. The molecule has 22 heavy (non-hydrogen) atoms. The van der Waals surface area contributed by atoms with E-state index in [1.165, 1.54) is 6.07 Å². The highest BCUT2D eigenvalue weighted by Gasteiger charge is 2.23. The molecule has 0 unspecified atom stereocenters. The second kappa shape index (κ2) is 6.16. The van der Waals surface area contributed by atoms with E-state index in [1.54, 1.807) is 19.1 Å². The number of benzene rings is 2. The summed E-state index contributed by atoms with van der Waals surface area (Å²) >= 11 is 17.6. The summed E-state index contributed by atoms with van der Waals surface area (Å²) in [5.41, 5.74) is 1.79. The highest BCUT2D eigenvalue weighted by atomic mass is 35.5. The van der Waals surface area contributed by atoms with Gasteiger partial charge in [-0.15, -0.1) is 0 Å². The zero-order valence-corrected chi connectivity index (χ0v) is 14.7. The maximum absolute atomic E-state index is 12.5. The number of sulfonamides is 1. The molecule has 0 fully saturated rings. The third-order valence-corrected chi connectivity index (χ3v) is 5.12. The zero-order chi connectivity index (χ0) is 16.7. The van der Waals surface area contributed by atoms with Crippen molar-refractivity contribution in [1.82, 2.24) is 0 Å². The quantitative estimate of drug-likeness (QED) is 0.806. The van der Waals surface area contributed by atoms with Crippen LogP contribution in [0.4, 0.5) is 5.69 Å². The predicted molar refractivity (Wildman–Crippen MR) is 89.9 cm³/mol. The fourth-order valence-corrected chi connectivity index (χ4v) is 4.32. The third kappa shape index (κ3) is 3.43. The Kier molecular flexibility index (Phi) is 4.82. The molecule has 0 saturated heterocycles. The number of halogens is 3. The van der Waals surface area contributed by atoms with E-state index in [-0.39, 0.29) is 20.8 Å². The topological polar surface area (TPSA) is 66.4 Å². The summed E-state index contributed by atoms with van der Waals surface area (Å²) in [5, 5.41) is 10.1. The molecule has 0 aliphatic heterocycles. The molecular formula is C14H12Cl3NO3S. The van der Waals surface area contributed by atoms with Crippen molar-refractivity contribution in [3.63, 3.8) is 0 Å². The Morgan fingerprint density at radius 3 is 2.23 bits per heavy atom. The lowest BCUT2D eigenvalue weighted by Gasteiger charge is -2.14. The molecule has 2 aromatic carbocycles. The number of aromatic hydroxyl groups is 1. The number of phenols is 1. The molecule has 2 rings (SSSR count). The van der Waals surface area contributed by atoms with Crippen molar-refractivity contribution in [3.05, 3.63) is 50.5 Å². The van der Waals surface area contributed by atoms with Crippen molar-refractivity contribution < 1.29 is 13.5 Å². The van der Waals surface area contributed by atoms with Crippen LogP contribution in [0.2, 0.25) is 15.1 Å². The van der Waals surface area contributed by atoms with Gasteiger partial charge in [0, 0.05) is 5.02 Å². The molecule has 0 aromatic heterocycles. The molecule has 0 radical (unpaired) electrons. The van der Waals surface area contributed by atoms with Crippen LogP contribution in [-0.4, -0.2) is 13.5 Å². The van der Waals surface area contributed by atoms with Crippen LogP contribution in [0.25, 0.3) is 0 Å². The van der Waals surface area contributed by atoms with Gasteiger partial charge in [0.05, 0.1) is 15.7 Å². The Balaban J connectivity index is 2.54. The van der Waals surface area contributed by atoms with Crippen LogP contribution in [0.1, 0.15) is 11.1 Å². The van der Waals surface area contributed by atoms with Gasteiger partial charge in [-0.05, 0) is 43.2 Å². The number of rotatable bonds is 3. The van der Waals surface area contributed by atoms with Crippen molar-refractivity contribution in [2.45, 2.75) is 18.7 Å². The Hall–Kier alpha value is -1.14. The van der Waals surface area contributed by atoms with E-state index in [1.807, 2.05) is 6.92 Å². The van der Waals surface area contributed by atoms with Gasteiger partial charge in [0.25, 0.3) is 10.0 Å². The number of nitrogens with one attached hydrogen (secondary N) is 1. The first kappa shape index (κ1) is 17.2. The minimum absolute atomic E-state index is 0.0925. The number of hydrogen-bond donors (Lipinski definition) is 2. The SMILES string of the molecule is Cc1cc(C)c(NS(=O)(=O)c2cc(Cl)cc(Cl)c2O)c(Cl)c1. The summed E-state index contributed by atoms with van der Waals surface area (Å²) in [4.78, 5) is -0.416. The molecule has 0 bridgehead atoms. The van der Waals surface area contributed by atoms with Gasteiger partial charge in [-0.2, -0.15) is 0 Å². The van der Waals surface area contributed by atoms with E-state index in [0.29, 0.717) is 5.56 Å². The van der Waals surface area contributed by atoms with E-state index in [4.69, 9.17) is 34.8 Å². The molecule has 2 N–H and O–H groups in total. The third-order valence-electron chi connectivity index (χ3n) is 2.95. The van der Waals surface area contributed by atoms with Gasteiger partial charge in [-0.25, -0.2) is 8.42 Å². The monoisotopic (exact) mass is 379 g/mol. The second-order valence-electron chi connectivity index (χ2n) is 4.78. The van der Waals surface area contributed by atoms with Crippen LogP contribution < -0.4 is 4.72 Å². The standard InChI is InChI=1S/C14H12Cl3NO3S/c1-7-3-8(2)13(10(16)4-7)18-22(20,21)12-6-9(15)5-11(17)14(12)19/h3-6,18-19H,1-2H3. The number of aryl methyl sites for hydroxylation is 2. The Morgan fingerprint density at radius 1 is 1.00 bits per heavy atom. The van der Waals surface area contributed by atoms with Crippen LogP contribution in [-0.2, 0) is 10.0 Å². The normalized spacial score (nSPS) is 11.5. The van der Waals surface area contributed by atoms with Crippen molar-refractivity contribution in [2.75, 3.05) is 4.72 Å². The van der Waals surface area contributed by atoms with Gasteiger partial charge in [0.2, 0.25) is 0 Å². The van der Waals surface area contributed by atoms with E-state index < -0.39 is 20.7 Å². The summed E-state index contributed by atoms with van der Waals surface area (Å²) in [6.07, 6.45) is 0. The fourth-order valence-electron chi connectivity index (χ4n) is 1.98. The molecule has 0 amide bonds. The molecule has 0 spiro atoms. The van der Waals surface area contributed by atoms with Crippen molar-refractivity contribution >= 4 is 50.5 Å². The Labute approximate surface area is 143 Å². The van der Waals surface area contributed by atoms with Gasteiger partial charge in [-0.3, -0.25) is 4.72 Å². The van der Waals surface area contributed by atoms with Gasteiger partial charge in [0.1, 0.15) is 4.90 Å². The van der Waals surface area contributed by atoms with Crippen LogP contribution in [0.15, 0.2) is 29.2 Å². The summed E-state index contributed by atoms with van der Waals surface area (Å²) < 4.78 is 27.3. The highest BCUT2D eigenvalue weighted by Crippen LogP contribution is 2.36. The molecule has 118 valence electrons. The molecule has 0 aliphatic carbocycles. The van der Waals surface area contributed by atoms with Crippen LogP contribution in [0.5, 0.6) is 5.75 Å². The van der Waals surface area contributed by atoms with Crippen LogP contribution in [0, 0.1) is 13.8 Å². The van der Waals surface area contributed by atoms with E-state index in [2.05, 4.69) is 4.72 Å². The average Bonchev–Trinajstić information content (AvgIpc) is 2.38. The molecule has 4 nitrogen and oxygen atoms in total. The molecule has 0 heterocycles. The van der Waals surface area contributed by atoms with Gasteiger partial charge >= 0.3 is 0 Å². The molecule has 2 aromatic rings. The minimum Gasteiger partial charge on any atom is -0.505 e. The summed E-state index contributed by atoms with van der Waals surface area (Å²) in [6, 6.07) is 5.79. The van der Waals surface area contributed by atoms with Crippen molar-refractivity contribution in [3.8, 4) is 5.75 Å². The first-order valence-electron chi connectivity index (χ1n) is 6.09. The number of phenolic OH excluding ortho intramolecular Hbond substituents is 1. The Morgan fingerprint density at radius 2 is 1.64 bits per heavy atom. The van der Waals surface area contributed by atoms with Crippen molar-refractivity contribution in [1.29, 1.82) is 0 Å². The summed E-state index contributed by atoms with van der Waals surface area (Å²) in [5.74, 6) is -0.570. The highest BCUT2D eigenvalue weighted by molar-refractivity contribution is 7.92.